The Morgan fingerprint density at radius 2 is 1.70 bits per heavy atom. The van der Waals surface area contributed by atoms with Gasteiger partial charge in [0.05, 0.1) is 0 Å². The van der Waals surface area contributed by atoms with Crippen molar-refractivity contribution >= 4 is 17.7 Å². The molecule has 1 aromatic rings. The fourth-order valence-electron chi connectivity index (χ4n) is 1.44. The lowest BCUT2D eigenvalue weighted by Crippen LogP contribution is -2.43. The normalized spacial score (nSPS) is 12.4. The highest BCUT2D eigenvalue weighted by molar-refractivity contribution is 5.96. The van der Waals surface area contributed by atoms with E-state index in [0.717, 1.165) is 5.56 Å². The number of aryl methyl sites for hydroxylation is 1. The molecule has 0 radical (unpaired) electrons. The molecule has 110 valence electrons. The van der Waals surface area contributed by atoms with Crippen LogP contribution in [0.1, 0.15) is 33.3 Å². The zero-order valence-electron chi connectivity index (χ0n) is 12.6. The van der Waals surface area contributed by atoms with Crippen LogP contribution in [0.2, 0.25) is 0 Å². The van der Waals surface area contributed by atoms with E-state index in [1.165, 1.54) is 0 Å². The lowest BCUT2D eigenvalue weighted by atomic mass is 10.2. The molecule has 0 aliphatic rings. The molecule has 1 aromatic carbocycles. The van der Waals surface area contributed by atoms with Crippen LogP contribution in [-0.2, 0) is 9.53 Å². The highest BCUT2D eigenvalue weighted by Gasteiger charge is 2.20. The van der Waals surface area contributed by atoms with Gasteiger partial charge in [0.15, 0.2) is 0 Å². The molecule has 2 N–H and O–H groups in total. The molecule has 0 spiro atoms. The fourth-order valence-corrected chi connectivity index (χ4v) is 1.44. The van der Waals surface area contributed by atoms with Crippen molar-refractivity contribution in [3.05, 3.63) is 29.8 Å². The van der Waals surface area contributed by atoms with Gasteiger partial charge in [-0.25, -0.2) is 4.79 Å². The van der Waals surface area contributed by atoms with E-state index in [-0.39, 0.29) is 5.91 Å². The molecule has 1 rings (SSSR count). The van der Waals surface area contributed by atoms with E-state index in [0.29, 0.717) is 5.69 Å². The molecule has 1 atom stereocenters. The van der Waals surface area contributed by atoms with Gasteiger partial charge in [-0.1, -0.05) is 17.7 Å². The molecule has 0 saturated heterocycles. The molecule has 0 aromatic heterocycles. The summed E-state index contributed by atoms with van der Waals surface area (Å²) in [6.07, 6.45) is -0.607. The third-order valence-electron chi connectivity index (χ3n) is 2.45. The van der Waals surface area contributed by atoms with Crippen molar-refractivity contribution in [1.29, 1.82) is 0 Å². The number of carbonyl (C=O) groups excluding carboxylic acids is 2. The monoisotopic (exact) mass is 278 g/mol. The van der Waals surface area contributed by atoms with Crippen molar-refractivity contribution in [3.63, 3.8) is 0 Å². The van der Waals surface area contributed by atoms with E-state index in [9.17, 15) is 9.59 Å². The van der Waals surface area contributed by atoms with Gasteiger partial charge in [-0.15, -0.1) is 0 Å². The van der Waals surface area contributed by atoms with Crippen molar-refractivity contribution in [2.75, 3.05) is 5.32 Å². The van der Waals surface area contributed by atoms with Crippen LogP contribution < -0.4 is 10.6 Å². The second kappa shape index (κ2) is 6.41. The Morgan fingerprint density at radius 3 is 2.20 bits per heavy atom. The Balaban J connectivity index is 2.51. The van der Waals surface area contributed by atoms with E-state index in [1.54, 1.807) is 27.7 Å². The third-order valence-corrected chi connectivity index (χ3v) is 2.45. The topological polar surface area (TPSA) is 67.4 Å². The Labute approximate surface area is 119 Å². The standard InChI is InChI=1S/C15H22N2O3/c1-10-6-8-12(9-7-10)17-13(18)11(2)16-14(19)20-15(3,4)5/h6-9,11H,1-5H3,(H,16,19)(H,17,18)/t11-/m0/s1. The lowest BCUT2D eigenvalue weighted by Gasteiger charge is -2.21. The first-order chi connectivity index (χ1) is 9.17. The van der Waals surface area contributed by atoms with Crippen LogP contribution in [0.3, 0.4) is 0 Å². The number of hydrogen-bond donors (Lipinski definition) is 2. The lowest BCUT2D eigenvalue weighted by molar-refractivity contribution is -0.117. The molecule has 0 aliphatic carbocycles. The Hall–Kier alpha value is -2.04. The third kappa shape index (κ3) is 5.73. The SMILES string of the molecule is Cc1ccc(NC(=O)[C@H](C)NC(=O)OC(C)(C)C)cc1. The van der Waals surface area contributed by atoms with Gasteiger partial charge in [-0.3, -0.25) is 4.79 Å². The summed E-state index contributed by atoms with van der Waals surface area (Å²) in [4.78, 5) is 23.5. The molecule has 0 fully saturated rings. The summed E-state index contributed by atoms with van der Waals surface area (Å²) in [5, 5.41) is 5.22. The van der Waals surface area contributed by atoms with Crippen LogP contribution in [0.4, 0.5) is 10.5 Å². The van der Waals surface area contributed by atoms with Crippen molar-refractivity contribution in [3.8, 4) is 0 Å². The number of carbonyl (C=O) groups is 2. The van der Waals surface area contributed by atoms with Crippen molar-refractivity contribution in [2.45, 2.75) is 46.3 Å². The maximum Gasteiger partial charge on any atom is 0.408 e. The number of nitrogens with one attached hydrogen (secondary N) is 2. The summed E-state index contributed by atoms with van der Waals surface area (Å²) in [6.45, 7) is 8.88. The average molecular weight is 278 g/mol. The number of amides is 2. The summed E-state index contributed by atoms with van der Waals surface area (Å²) < 4.78 is 5.09. The summed E-state index contributed by atoms with van der Waals surface area (Å²) in [5.41, 5.74) is 1.22. The van der Waals surface area contributed by atoms with Gasteiger partial charge < -0.3 is 15.4 Å². The zero-order chi connectivity index (χ0) is 15.3. The second-order valence-electron chi connectivity index (χ2n) is 5.72. The highest BCUT2D eigenvalue weighted by atomic mass is 16.6. The largest absolute Gasteiger partial charge is 0.444 e. The van der Waals surface area contributed by atoms with E-state index < -0.39 is 17.7 Å². The average Bonchev–Trinajstić information content (AvgIpc) is 2.29. The van der Waals surface area contributed by atoms with Gasteiger partial charge in [0.1, 0.15) is 11.6 Å². The molecule has 20 heavy (non-hydrogen) atoms. The van der Waals surface area contributed by atoms with Crippen LogP contribution in [0.5, 0.6) is 0 Å². The molecule has 0 heterocycles. The van der Waals surface area contributed by atoms with Crippen molar-refractivity contribution < 1.29 is 14.3 Å². The minimum absolute atomic E-state index is 0.292. The number of rotatable bonds is 3. The van der Waals surface area contributed by atoms with Crippen molar-refractivity contribution in [2.24, 2.45) is 0 Å². The Morgan fingerprint density at radius 1 is 1.15 bits per heavy atom. The predicted octanol–water partition coefficient (Wildman–Crippen LogP) is 2.85. The first-order valence-electron chi connectivity index (χ1n) is 6.54. The molecule has 0 saturated carbocycles. The number of anilines is 1. The van der Waals surface area contributed by atoms with Crippen LogP contribution in [0.15, 0.2) is 24.3 Å². The van der Waals surface area contributed by atoms with Gasteiger partial charge in [-0.05, 0) is 46.8 Å². The summed E-state index contributed by atoms with van der Waals surface area (Å²) in [6, 6.07) is 6.76. The molecule has 2 amide bonds. The van der Waals surface area contributed by atoms with E-state index in [2.05, 4.69) is 10.6 Å². The maximum atomic E-state index is 11.9. The smallest absolute Gasteiger partial charge is 0.408 e. The Bertz CT molecular complexity index is 475. The number of ether oxygens (including phenoxy) is 1. The van der Waals surface area contributed by atoms with E-state index in [4.69, 9.17) is 4.74 Å². The predicted molar refractivity (Wildman–Crippen MR) is 78.6 cm³/mol. The summed E-state index contributed by atoms with van der Waals surface area (Å²) in [7, 11) is 0. The quantitative estimate of drug-likeness (QED) is 0.893. The van der Waals surface area contributed by atoms with Gasteiger partial charge in [-0.2, -0.15) is 0 Å². The molecule has 0 bridgehead atoms. The highest BCUT2D eigenvalue weighted by Crippen LogP contribution is 2.09. The number of benzene rings is 1. The first-order valence-corrected chi connectivity index (χ1v) is 6.54. The molecule has 5 heteroatoms. The Kier molecular flexibility index (Phi) is 5.13. The minimum atomic E-state index is -0.675. The van der Waals surface area contributed by atoms with Gasteiger partial charge in [0.25, 0.3) is 0 Å². The first kappa shape index (κ1) is 16.0. The maximum absolute atomic E-state index is 11.9. The second-order valence-corrected chi connectivity index (χ2v) is 5.72. The van der Waals surface area contributed by atoms with Crippen LogP contribution in [-0.4, -0.2) is 23.6 Å². The number of alkyl carbamates (subject to hydrolysis) is 1. The van der Waals surface area contributed by atoms with Gasteiger partial charge in [0.2, 0.25) is 5.91 Å². The van der Waals surface area contributed by atoms with Crippen LogP contribution >= 0.6 is 0 Å². The number of hydrogen-bond acceptors (Lipinski definition) is 3. The molecule has 5 nitrogen and oxygen atoms in total. The van der Waals surface area contributed by atoms with Gasteiger partial charge >= 0.3 is 6.09 Å². The molecule has 0 aliphatic heterocycles. The minimum Gasteiger partial charge on any atom is -0.444 e. The van der Waals surface area contributed by atoms with Crippen LogP contribution in [0.25, 0.3) is 0 Å². The molecule has 0 unspecified atom stereocenters. The van der Waals surface area contributed by atoms with Crippen LogP contribution in [0, 0.1) is 6.92 Å². The van der Waals surface area contributed by atoms with E-state index in [1.807, 2.05) is 31.2 Å². The summed E-state index contributed by atoms with van der Waals surface area (Å²) >= 11 is 0. The summed E-state index contributed by atoms with van der Waals surface area (Å²) in [5.74, 6) is -0.292. The molecular formula is C15H22N2O3. The fraction of sp³-hybridized carbons (Fsp3) is 0.467. The van der Waals surface area contributed by atoms with E-state index >= 15 is 0 Å². The molecular weight excluding hydrogens is 256 g/mol. The zero-order valence-corrected chi connectivity index (χ0v) is 12.6. The van der Waals surface area contributed by atoms with Crippen molar-refractivity contribution in [1.82, 2.24) is 5.32 Å². The van der Waals surface area contributed by atoms with Gasteiger partial charge in [0, 0.05) is 5.69 Å².